The summed E-state index contributed by atoms with van der Waals surface area (Å²) in [6, 6.07) is 6.75. The van der Waals surface area contributed by atoms with Gasteiger partial charge in [-0.2, -0.15) is 0 Å². The van der Waals surface area contributed by atoms with Crippen LogP contribution in [0.1, 0.15) is 6.42 Å². The van der Waals surface area contributed by atoms with E-state index in [0.717, 1.165) is 0 Å². The molecule has 104 valence electrons. The highest BCUT2D eigenvalue weighted by Crippen LogP contribution is 2.15. The van der Waals surface area contributed by atoms with E-state index < -0.39 is 6.10 Å². The molecular formula is C13H17ClN2O3. The number of hydrogen-bond donors (Lipinski definition) is 3. The van der Waals surface area contributed by atoms with Crippen molar-refractivity contribution in [2.75, 3.05) is 19.7 Å². The van der Waals surface area contributed by atoms with Crippen molar-refractivity contribution < 1.29 is 14.6 Å². The first-order valence-electron chi connectivity index (χ1n) is 6.22. The number of ether oxygens (including phenoxy) is 1. The molecule has 6 heteroatoms. The SMILES string of the molecule is O=C(NCCOc1ccc(Cl)cc1)[C@@H]1C[C@H](O)CN1. The summed E-state index contributed by atoms with van der Waals surface area (Å²) < 4.78 is 5.45. The fourth-order valence-corrected chi connectivity index (χ4v) is 2.04. The van der Waals surface area contributed by atoms with Gasteiger partial charge in [-0.1, -0.05) is 11.6 Å². The molecule has 0 unspecified atom stereocenters. The Morgan fingerprint density at radius 2 is 2.21 bits per heavy atom. The molecule has 2 atom stereocenters. The molecule has 0 aliphatic carbocycles. The van der Waals surface area contributed by atoms with E-state index in [1.54, 1.807) is 24.3 Å². The molecule has 1 fully saturated rings. The monoisotopic (exact) mass is 284 g/mol. The molecule has 1 aromatic rings. The second-order valence-corrected chi connectivity index (χ2v) is 4.88. The second kappa shape index (κ2) is 6.75. The first-order valence-corrected chi connectivity index (χ1v) is 6.60. The van der Waals surface area contributed by atoms with Gasteiger partial charge >= 0.3 is 0 Å². The van der Waals surface area contributed by atoms with Gasteiger partial charge in [0.25, 0.3) is 0 Å². The van der Waals surface area contributed by atoms with Gasteiger partial charge in [0.2, 0.25) is 5.91 Å². The summed E-state index contributed by atoms with van der Waals surface area (Å²) in [5.41, 5.74) is 0. The summed E-state index contributed by atoms with van der Waals surface area (Å²) in [5, 5.41) is 15.7. The average Bonchev–Trinajstić information content (AvgIpc) is 2.83. The highest BCUT2D eigenvalue weighted by atomic mass is 35.5. The predicted molar refractivity (Wildman–Crippen MR) is 72.4 cm³/mol. The largest absolute Gasteiger partial charge is 0.492 e. The molecule has 1 saturated heterocycles. The second-order valence-electron chi connectivity index (χ2n) is 4.44. The first-order chi connectivity index (χ1) is 9.15. The third-order valence-corrected chi connectivity index (χ3v) is 3.16. The Morgan fingerprint density at radius 3 is 2.84 bits per heavy atom. The molecule has 2 rings (SSSR count). The maximum atomic E-state index is 11.7. The van der Waals surface area contributed by atoms with E-state index in [9.17, 15) is 9.90 Å². The lowest BCUT2D eigenvalue weighted by atomic mass is 10.2. The van der Waals surface area contributed by atoms with E-state index in [4.69, 9.17) is 16.3 Å². The van der Waals surface area contributed by atoms with Gasteiger partial charge in [-0.05, 0) is 30.7 Å². The lowest BCUT2D eigenvalue weighted by Gasteiger charge is -2.11. The number of aliphatic hydroxyl groups is 1. The summed E-state index contributed by atoms with van der Waals surface area (Å²) in [6.07, 6.45) is 0.0326. The van der Waals surface area contributed by atoms with Crippen molar-refractivity contribution in [3.63, 3.8) is 0 Å². The van der Waals surface area contributed by atoms with Gasteiger partial charge < -0.3 is 20.5 Å². The molecule has 0 aromatic heterocycles. The summed E-state index contributed by atoms with van der Waals surface area (Å²) in [7, 11) is 0. The van der Waals surface area contributed by atoms with Crippen molar-refractivity contribution in [3.8, 4) is 5.75 Å². The topological polar surface area (TPSA) is 70.6 Å². The number of aliphatic hydroxyl groups excluding tert-OH is 1. The lowest BCUT2D eigenvalue weighted by molar-refractivity contribution is -0.123. The molecule has 0 bridgehead atoms. The van der Waals surface area contributed by atoms with E-state index in [1.807, 2.05) is 0 Å². The fourth-order valence-electron chi connectivity index (χ4n) is 1.91. The number of rotatable bonds is 5. The van der Waals surface area contributed by atoms with Crippen LogP contribution in [0.5, 0.6) is 5.75 Å². The van der Waals surface area contributed by atoms with E-state index in [1.165, 1.54) is 0 Å². The number of halogens is 1. The van der Waals surface area contributed by atoms with E-state index in [0.29, 0.717) is 36.9 Å². The third-order valence-electron chi connectivity index (χ3n) is 2.91. The Balaban J connectivity index is 1.64. The third kappa shape index (κ3) is 4.38. The zero-order chi connectivity index (χ0) is 13.7. The molecule has 1 amide bonds. The number of nitrogens with one attached hydrogen (secondary N) is 2. The minimum atomic E-state index is -0.430. The molecule has 1 aliphatic rings. The highest BCUT2D eigenvalue weighted by Gasteiger charge is 2.27. The first kappa shape index (κ1) is 14.1. The van der Waals surface area contributed by atoms with Crippen molar-refractivity contribution in [3.05, 3.63) is 29.3 Å². The predicted octanol–water partition coefficient (Wildman–Crippen LogP) is 0.558. The highest BCUT2D eigenvalue weighted by molar-refractivity contribution is 6.30. The van der Waals surface area contributed by atoms with Crippen LogP contribution in [0, 0.1) is 0 Å². The van der Waals surface area contributed by atoms with Crippen LogP contribution in [-0.2, 0) is 4.79 Å². The van der Waals surface area contributed by atoms with E-state index in [-0.39, 0.29) is 11.9 Å². The molecule has 5 nitrogen and oxygen atoms in total. The quantitative estimate of drug-likeness (QED) is 0.691. The maximum Gasteiger partial charge on any atom is 0.237 e. The minimum absolute atomic E-state index is 0.101. The lowest BCUT2D eigenvalue weighted by Crippen LogP contribution is -2.41. The number of hydrogen-bond acceptors (Lipinski definition) is 4. The van der Waals surface area contributed by atoms with Crippen LogP contribution in [0.2, 0.25) is 5.02 Å². The van der Waals surface area contributed by atoms with Gasteiger partial charge in [0.1, 0.15) is 12.4 Å². The summed E-state index contributed by atoms with van der Waals surface area (Å²) in [6.45, 7) is 1.29. The van der Waals surface area contributed by atoms with Crippen LogP contribution >= 0.6 is 11.6 Å². The van der Waals surface area contributed by atoms with Crippen molar-refractivity contribution in [2.24, 2.45) is 0 Å². The number of amides is 1. The molecule has 1 heterocycles. The maximum absolute atomic E-state index is 11.7. The summed E-state index contributed by atoms with van der Waals surface area (Å²) in [4.78, 5) is 11.7. The van der Waals surface area contributed by atoms with Gasteiger partial charge in [-0.15, -0.1) is 0 Å². The van der Waals surface area contributed by atoms with Crippen LogP contribution in [0.15, 0.2) is 24.3 Å². The molecular weight excluding hydrogens is 268 g/mol. The Kier molecular flexibility index (Phi) is 5.01. The van der Waals surface area contributed by atoms with Crippen LogP contribution in [0.3, 0.4) is 0 Å². The van der Waals surface area contributed by atoms with Gasteiger partial charge in [0.15, 0.2) is 0 Å². The Hall–Kier alpha value is -1.30. The van der Waals surface area contributed by atoms with E-state index >= 15 is 0 Å². The van der Waals surface area contributed by atoms with Crippen LogP contribution in [0.4, 0.5) is 0 Å². The van der Waals surface area contributed by atoms with Crippen molar-refractivity contribution >= 4 is 17.5 Å². The normalized spacial score (nSPS) is 22.2. The molecule has 19 heavy (non-hydrogen) atoms. The minimum Gasteiger partial charge on any atom is -0.492 e. The molecule has 1 aromatic carbocycles. The Labute approximate surface area is 116 Å². The van der Waals surface area contributed by atoms with Crippen LogP contribution in [-0.4, -0.2) is 42.9 Å². The van der Waals surface area contributed by atoms with Crippen LogP contribution < -0.4 is 15.4 Å². The zero-order valence-corrected chi connectivity index (χ0v) is 11.2. The smallest absolute Gasteiger partial charge is 0.237 e. The van der Waals surface area contributed by atoms with Gasteiger partial charge in [-0.3, -0.25) is 4.79 Å². The molecule has 0 radical (unpaired) electrons. The van der Waals surface area contributed by atoms with Crippen LogP contribution in [0.25, 0.3) is 0 Å². The van der Waals surface area contributed by atoms with Gasteiger partial charge in [-0.25, -0.2) is 0 Å². The fraction of sp³-hybridized carbons (Fsp3) is 0.462. The molecule has 3 N–H and O–H groups in total. The summed E-state index contributed by atoms with van der Waals surface area (Å²) in [5.74, 6) is 0.615. The number of carbonyl (C=O) groups excluding carboxylic acids is 1. The molecule has 0 saturated carbocycles. The summed E-state index contributed by atoms with van der Waals surface area (Å²) >= 11 is 5.76. The number of β-amino-alcohol motifs (C(OH)–C–C–N with tert-alkyl or cyclic N) is 1. The standard InChI is InChI=1S/C13H17ClN2O3/c14-9-1-3-11(4-2-9)19-6-5-15-13(18)12-7-10(17)8-16-12/h1-4,10,12,16-17H,5-8H2,(H,15,18)/t10-,12-/m0/s1. The average molecular weight is 285 g/mol. The molecule has 1 aliphatic heterocycles. The van der Waals surface area contributed by atoms with Crippen molar-refractivity contribution in [1.82, 2.24) is 10.6 Å². The van der Waals surface area contributed by atoms with E-state index in [2.05, 4.69) is 10.6 Å². The van der Waals surface area contributed by atoms with Gasteiger partial charge in [0, 0.05) is 11.6 Å². The number of carbonyl (C=O) groups is 1. The van der Waals surface area contributed by atoms with Crippen molar-refractivity contribution in [1.29, 1.82) is 0 Å². The molecule has 0 spiro atoms. The Morgan fingerprint density at radius 1 is 1.47 bits per heavy atom. The van der Waals surface area contributed by atoms with Crippen molar-refractivity contribution in [2.45, 2.75) is 18.6 Å². The van der Waals surface area contributed by atoms with Gasteiger partial charge in [0.05, 0.1) is 18.7 Å². The Bertz CT molecular complexity index is 424. The number of benzene rings is 1. The zero-order valence-electron chi connectivity index (χ0n) is 10.4.